The molecule has 0 saturated carbocycles. The third-order valence-electron chi connectivity index (χ3n) is 4.74. The van der Waals surface area contributed by atoms with Crippen LogP contribution in [0.3, 0.4) is 0 Å². The van der Waals surface area contributed by atoms with Crippen molar-refractivity contribution in [1.82, 2.24) is 0 Å². The van der Waals surface area contributed by atoms with Gasteiger partial charge in [0.15, 0.2) is 0 Å². The van der Waals surface area contributed by atoms with Gasteiger partial charge in [-0.25, -0.2) is 0 Å². The Morgan fingerprint density at radius 1 is 0.960 bits per heavy atom. The van der Waals surface area contributed by atoms with Crippen molar-refractivity contribution >= 4 is 0 Å². The summed E-state index contributed by atoms with van der Waals surface area (Å²) in [5, 5.41) is 0. The number of allylic oxidation sites excluding steroid dienone is 2. The summed E-state index contributed by atoms with van der Waals surface area (Å²) >= 11 is 0. The monoisotopic (exact) mass is 344 g/mol. The number of para-hydroxylation sites is 1. The van der Waals surface area contributed by atoms with Gasteiger partial charge in [-0.3, -0.25) is 0 Å². The quantitative estimate of drug-likeness (QED) is 0.206. The Kier molecular flexibility index (Phi) is 10.4. The predicted octanol–water partition coefficient (Wildman–Crippen LogP) is 6.48. The van der Waals surface area contributed by atoms with Gasteiger partial charge in [-0.1, -0.05) is 75.8 Å². The van der Waals surface area contributed by atoms with Gasteiger partial charge in [0.1, 0.15) is 18.5 Å². The van der Waals surface area contributed by atoms with E-state index < -0.39 is 0 Å². The molecule has 1 heterocycles. The van der Waals surface area contributed by atoms with E-state index in [4.69, 9.17) is 9.47 Å². The molecule has 0 amide bonds. The van der Waals surface area contributed by atoms with Gasteiger partial charge in [-0.05, 0) is 43.7 Å². The van der Waals surface area contributed by atoms with Gasteiger partial charge in [0.05, 0.1) is 6.61 Å². The minimum atomic E-state index is 0.329. The van der Waals surface area contributed by atoms with Crippen LogP contribution in [0.25, 0.3) is 0 Å². The van der Waals surface area contributed by atoms with Gasteiger partial charge < -0.3 is 9.47 Å². The van der Waals surface area contributed by atoms with Gasteiger partial charge in [0.25, 0.3) is 0 Å². The van der Waals surface area contributed by atoms with Gasteiger partial charge in [0, 0.05) is 0 Å². The number of ether oxygens (including phenoxy) is 2. The Bertz CT molecular complexity index is 477. The molecular formula is C23H36O2. The zero-order chi connectivity index (χ0) is 17.6. The summed E-state index contributed by atoms with van der Waals surface area (Å²) < 4.78 is 11.1. The molecule has 2 nitrogen and oxygen atoms in total. The Morgan fingerprint density at radius 2 is 1.64 bits per heavy atom. The predicted molar refractivity (Wildman–Crippen MR) is 106 cm³/mol. The van der Waals surface area contributed by atoms with Gasteiger partial charge in [-0.2, -0.15) is 0 Å². The molecule has 0 N–H and O–H groups in total. The van der Waals surface area contributed by atoms with E-state index in [2.05, 4.69) is 43.3 Å². The number of hydrogen-bond acceptors (Lipinski definition) is 2. The van der Waals surface area contributed by atoms with Crippen molar-refractivity contribution in [3.8, 4) is 5.75 Å². The smallest absolute Gasteiger partial charge is 0.122 e. The number of hydrogen-bond donors (Lipinski definition) is 0. The lowest BCUT2D eigenvalue weighted by Crippen LogP contribution is -2.05. The molecule has 1 unspecified atom stereocenters. The van der Waals surface area contributed by atoms with Crippen LogP contribution in [0.5, 0.6) is 5.75 Å². The summed E-state index contributed by atoms with van der Waals surface area (Å²) in [7, 11) is 0. The fourth-order valence-corrected chi connectivity index (χ4v) is 3.06. The second kappa shape index (κ2) is 13.0. The molecule has 0 aromatic heterocycles. The summed E-state index contributed by atoms with van der Waals surface area (Å²) in [4.78, 5) is 0. The molecule has 0 radical (unpaired) electrons. The SMILES string of the molecule is CCC/C=C/CCCCCCCCCc1ccccc1OCC1CO1. The molecule has 1 aliphatic heterocycles. The van der Waals surface area contributed by atoms with Crippen molar-refractivity contribution in [1.29, 1.82) is 0 Å². The van der Waals surface area contributed by atoms with E-state index >= 15 is 0 Å². The topological polar surface area (TPSA) is 21.8 Å². The molecule has 1 aromatic rings. The van der Waals surface area contributed by atoms with Crippen LogP contribution in [0.4, 0.5) is 0 Å². The molecule has 1 aliphatic rings. The number of unbranched alkanes of at least 4 members (excludes halogenated alkanes) is 8. The Morgan fingerprint density at radius 3 is 2.40 bits per heavy atom. The first kappa shape index (κ1) is 20.0. The molecule has 25 heavy (non-hydrogen) atoms. The van der Waals surface area contributed by atoms with Crippen LogP contribution >= 0.6 is 0 Å². The zero-order valence-electron chi connectivity index (χ0n) is 16.1. The molecule has 1 aromatic carbocycles. The maximum atomic E-state index is 5.89. The first-order valence-electron chi connectivity index (χ1n) is 10.4. The van der Waals surface area contributed by atoms with E-state index in [0.29, 0.717) is 12.7 Å². The van der Waals surface area contributed by atoms with Gasteiger partial charge in [0.2, 0.25) is 0 Å². The van der Waals surface area contributed by atoms with E-state index in [1.165, 1.54) is 69.8 Å². The second-order valence-corrected chi connectivity index (χ2v) is 7.15. The first-order chi connectivity index (χ1) is 12.4. The average Bonchev–Trinajstić information content (AvgIpc) is 3.46. The molecule has 1 atom stereocenters. The first-order valence-corrected chi connectivity index (χ1v) is 10.4. The number of rotatable bonds is 15. The van der Waals surface area contributed by atoms with Crippen molar-refractivity contribution < 1.29 is 9.47 Å². The van der Waals surface area contributed by atoms with Crippen molar-refractivity contribution in [3.05, 3.63) is 42.0 Å². The molecule has 1 saturated heterocycles. The zero-order valence-corrected chi connectivity index (χ0v) is 16.1. The number of benzene rings is 1. The standard InChI is InChI=1S/C23H36O2/c1-2-3-4-5-6-7-8-9-10-11-12-13-16-21-17-14-15-18-23(21)25-20-22-19-24-22/h4-5,14-15,17-18,22H,2-3,6-13,16,19-20H2,1H3/b5-4+. The maximum absolute atomic E-state index is 5.89. The van der Waals surface area contributed by atoms with Gasteiger partial charge in [-0.15, -0.1) is 0 Å². The molecule has 2 heteroatoms. The summed E-state index contributed by atoms with van der Waals surface area (Å²) in [6.07, 6.45) is 19.4. The summed E-state index contributed by atoms with van der Waals surface area (Å²) in [5.74, 6) is 1.05. The number of aryl methyl sites for hydroxylation is 1. The fraction of sp³-hybridized carbons (Fsp3) is 0.652. The second-order valence-electron chi connectivity index (χ2n) is 7.15. The fourth-order valence-electron chi connectivity index (χ4n) is 3.06. The van der Waals surface area contributed by atoms with Crippen molar-refractivity contribution in [2.75, 3.05) is 13.2 Å². The Labute approximate surface area is 154 Å². The normalized spacial score (nSPS) is 16.4. The summed E-state index contributed by atoms with van der Waals surface area (Å²) in [6.45, 7) is 3.79. The molecule has 0 spiro atoms. The van der Waals surface area contributed by atoms with Crippen molar-refractivity contribution in [3.63, 3.8) is 0 Å². The van der Waals surface area contributed by atoms with Crippen LogP contribution in [0.1, 0.15) is 76.7 Å². The molecule has 140 valence electrons. The number of epoxide rings is 1. The molecule has 0 aliphatic carbocycles. The Balaban J connectivity index is 1.46. The van der Waals surface area contributed by atoms with E-state index in [-0.39, 0.29) is 0 Å². The highest BCUT2D eigenvalue weighted by Crippen LogP contribution is 2.22. The minimum absolute atomic E-state index is 0.329. The molecular weight excluding hydrogens is 308 g/mol. The third-order valence-corrected chi connectivity index (χ3v) is 4.74. The maximum Gasteiger partial charge on any atom is 0.122 e. The molecule has 2 rings (SSSR count). The lowest BCUT2D eigenvalue weighted by Gasteiger charge is -2.10. The highest BCUT2D eigenvalue weighted by Gasteiger charge is 2.23. The van der Waals surface area contributed by atoms with E-state index in [0.717, 1.165) is 18.8 Å². The summed E-state index contributed by atoms with van der Waals surface area (Å²) in [6, 6.07) is 8.47. The van der Waals surface area contributed by atoms with Crippen molar-refractivity contribution in [2.24, 2.45) is 0 Å². The summed E-state index contributed by atoms with van der Waals surface area (Å²) in [5.41, 5.74) is 1.35. The minimum Gasteiger partial charge on any atom is -0.491 e. The van der Waals surface area contributed by atoms with E-state index in [1.807, 2.05) is 0 Å². The van der Waals surface area contributed by atoms with Crippen LogP contribution in [0.15, 0.2) is 36.4 Å². The molecule has 0 bridgehead atoms. The van der Waals surface area contributed by atoms with Crippen LogP contribution in [0, 0.1) is 0 Å². The third kappa shape index (κ3) is 9.69. The Hall–Kier alpha value is -1.28. The van der Waals surface area contributed by atoms with Crippen LogP contribution in [-0.2, 0) is 11.2 Å². The highest BCUT2D eigenvalue weighted by molar-refractivity contribution is 5.33. The van der Waals surface area contributed by atoms with Gasteiger partial charge >= 0.3 is 0 Å². The van der Waals surface area contributed by atoms with Crippen LogP contribution < -0.4 is 4.74 Å². The van der Waals surface area contributed by atoms with E-state index in [9.17, 15) is 0 Å². The van der Waals surface area contributed by atoms with Crippen molar-refractivity contribution in [2.45, 2.75) is 83.7 Å². The largest absolute Gasteiger partial charge is 0.491 e. The van der Waals surface area contributed by atoms with E-state index in [1.54, 1.807) is 0 Å². The average molecular weight is 345 g/mol. The highest BCUT2D eigenvalue weighted by atomic mass is 16.6. The lowest BCUT2D eigenvalue weighted by molar-refractivity contribution is 0.261. The lowest BCUT2D eigenvalue weighted by atomic mass is 10.0. The van der Waals surface area contributed by atoms with Crippen LogP contribution in [0.2, 0.25) is 0 Å². The van der Waals surface area contributed by atoms with Crippen LogP contribution in [-0.4, -0.2) is 19.3 Å². The molecule has 1 fully saturated rings.